The van der Waals surface area contributed by atoms with Gasteiger partial charge in [-0.05, 0) is 35.4 Å². The summed E-state index contributed by atoms with van der Waals surface area (Å²) in [6, 6.07) is 18.0. The average Bonchev–Trinajstić information content (AvgIpc) is 3.41. The highest BCUT2D eigenvalue weighted by Crippen LogP contribution is 2.26. The predicted octanol–water partition coefficient (Wildman–Crippen LogP) is 3.36. The molecule has 7 heteroatoms. The molecule has 0 saturated carbocycles. The number of benzene rings is 2. The van der Waals surface area contributed by atoms with E-state index >= 15 is 0 Å². The summed E-state index contributed by atoms with van der Waals surface area (Å²) >= 11 is 0. The number of nitrogens with one attached hydrogen (secondary N) is 2. The van der Waals surface area contributed by atoms with E-state index in [-0.39, 0.29) is 17.6 Å². The number of rotatable bonds is 3. The van der Waals surface area contributed by atoms with Crippen LogP contribution < -0.4 is 5.32 Å². The van der Waals surface area contributed by atoms with E-state index in [0.29, 0.717) is 18.9 Å². The smallest absolute Gasteiger partial charge is 0.290 e. The molecular formula is C22H18N4O3. The summed E-state index contributed by atoms with van der Waals surface area (Å²) in [7, 11) is 0. The Labute approximate surface area is 166 Å². The summed E-state index contributed by atoms with van der Waals surface area (Å²) < 4.78 is 5.28. The van der Waals surface area contributed by atoms with Gasteiger partial charge in [0.2, 0.25) is 11.9 Å². The van der Waals surface area contributed by atoms with E-state index in [1.807, 2.05) is 48.5 Å². The molecule has 1 aliphatic heterocycles. The molecular weight excluding hydrogens is 368 g/mol. The summed E-state index contributed by atoms with van der Waals surface area (Å²) in [6.07, 6.45) is 1.88. The fraction of sp³-hybridized carbons (Fsp3) is 0.136. The van der Waals surface area contributed by atoms with Crippen molar-refractivity contribution in [1.29, 1.82) is 0 Å². The van der Waals surface area contributed by atoms with E-state index in [0.717, 1.165) is 22.2 Å². The number of carbonyl (C=O) groups excluding carboxylic acids is 2. The largest absolute Gasteiger partial charge is 0.459 e. The van der Waals surface area contributed by atoms with Crippen molar-refractivity contribution in [2.45, 2.75) is 19.0 Å². The van der Waals surface area contributed by atoms with Gasteiger partial charge in [0.25, 0.3) is 5.91 Å². The molecule has 1 atom stereocenters. The minimum absolute atomic E-state index is 0.214. The number of furan rings is 1. The molecule has 2 aromatic carbocycles. The lowest BCUT2D eigenvalue weighted by molar-refractivity contribution is -0.121. The third-order valence-electron chi connectivity index (χ3n) is 5.18. The van der Waals surface area contributed by atoms with Crippen LogP contribution in [0.2, 0.25) is 0 Å². The number of nitrogens with zero attached hydrogens (tertiary/aromatic N) is 2. The van der Waals surface area contributed by atoms with Crippen molar-refractivity contribution in [3.05, 3.63) is 83.8 Å². The molecule has 7 nitrogen and oxygen atoms in total. The second-order valence-electron chi connectivity index (χ2n) is 6.99. The molecule has 3 heterocycles. The van der Waals surface area contributed by atoms with E-state index in [1.54, 1.807) is 17.0 Å². The van der Waals surface area contributed by atoms with Crippen LogP contribution in [-0.2, 0) is 17.8 Å². The Morgan fingerprint density at radius 2 is 1.83 bits per heavy atom. The molecule has 0 saturated heterocycles. The van der Waals surface area contributed by atoms with Gasteiger partial charge in [-0.2, -0.15) is 0 Å². The summed E-state index contributed by atoms with van der Waals surface area (Å²) in [4.78, 5) is 35.2. The van der Waals surface area contributed by atoms with Crippen molar-refractivity contribution in [2.24, 2.45) is 0 Å². The first kappa shape index (κ1) is 17.2. The van der Waals surface area contributed by atoms with Gasteiger partial charge in [0, 0.05) is 13.0 Å². The van der Waals surface area contributed by atoms with Gasteiger partial charge in [0.1, 0.15) is 6.04 Å². The molecule has 29 heavy (non-hydrogen) atoms. The molecule has 0 aliphatic carbocycles. The van der Waals surface area contributed by atoms with Crippen LogP contribution in [0.3, 0.4) is 0 Å². The maximum absolute atomic E-state index is 13.1. The van der Waals surface area contributed by atoms with E-state index < -0.39 is 6.04 Å². The molecule has 5 rings (SSSR count). The average molecular weight is 386 g/mol. The van der Waals surface area contributed by atoms with Crippen LogP contribution in [0.25, 0.3) is 11.0 Å². The van der Waals surface area contributed by atoms with Crippen molar-refractivity contribution in [2.75, 3.05) is 5.32 Å². The highest BCUT2D eigenvalue weighted by molar-refractivity contribution is 6.00. The Bertz CT molecular complexity index is 1160. The fourth-order valence-corrected chi connectivity index (χ4v) is 3.72. The molecule has 0 spiro atoms. The zero-order chi connectivity index (χ0) is 19.8. The molecule has 0 unspecified atom stereocenters. The van der Waals surface area contributed by atoms with Crippen molar-refractivity contribution in [3.63, 3.8) is 0 Å². The third-order valence-corrected chi connectivity index (χ3v) is 5.18. The zero-order valence-corrected chi connectivity index (χ0v) is 15.5. The molecule has 0 bridgehead atoms. The summed E-state index contributed by atoms with van der Waals surface area (Å²) in [6.45, 7) is 0.341. The number of anilines is 1. The van der Waals surface area contributed by atoms with Crippen LogP contribution in [0.1, 0.15) is 21.7 Å². The normalized spacial score (nSPS) is 15.9. The Kier molecular flexibility index (Phi) is 4.13. The molecule has 4 aromatic rings. The maximum Gasteiger partial charge on any atom is 0.290 e. The number of aromatic amines is 1. The maximum atomic E-state index is 13.1. The number of amides is 2. The van der Waals surface area contributed by atoms with Crippen LogP contribution in [0.4, 0.5) is 5.95 Å². The molecule has 0 radical (unpaired) electrons. The lowest BCUT2D eigenvalue weighted by Crippen LogP contribution is -2.50. The number of aromatic nitrogens is 2. The van der Waals surface area contributed by atoms with E-state index in [4.69, 9.17) is 4.42 Å². The van der Waals surface area contributed by atoms with Crippen molar-refractivity contribution in [1.82, 2.24) is 14.9 Å². The highest BCUT2D eigenvalue weighted by atomic mass is 16.3. The van der Waals surface area contributed by atoms with Gasteiger partial charge >= 0.3 is 0 Å². The number of fused-ring (bicyclic) bond motifs is 2. The Morgan fingerprint density at radius 3 is 2.62 bits per heavy atom. The number of carbonyl (C=O) groups is 2. The molecule has 0 fully saturated rings. The van der Waals surface area contributed by atoms with Gasteiger partial charge in [-0.25, -0.2) is 4.98 Å². The summed E-state index contributed by atoms with van der Waals surface area (Å²) in [5, 5.41) is 2.83. The van der Waals surface area contributed by atoms with Crippen molar-refractivity contribution in [3.8, 4) is 0 Å². The highest BCUT2D eigenvalue weighted by Gasteiger charge is 2.36. The van der Waals surface area contributed by atoms with E-state index in [9.17, 15) is 9.59 Å². The summed E-state index contributed by atoms with van der Waals surface area (Å²) in [5.74, 6) is -0.0286. The van der Waals surface area contributed by atoms with Crippen LogP contribution in [-0.4, -0.2) is 32.7 Å². The fourth-order valence-electron chi connectivity index (χ4n) is 3.72. The van der Waals surface area contributed by atoms with Crippen LogP contribution >= 0.6 is 0 Å². The second-order valence-corrected chi connectivity index (χ2v) is 6.99. The van der Waals surface area contributed by atoms with E-state index in [1.165, 1.54) is 6.26 Å². The van der Waals surface area contributed by atoms with Crippen molar-refractivity contribution < 1.29 is 14.0 Å². The van der Waals surface area contributed by atoms with Gasteiger partial charge in [0.05, 0.1) is 17.3 Å². The second kappa shape index (κ2) is 6.94. The van der Waals surface area contributed by atoms with Gasteiger partial charge in [0.15, 0.2) is 5.76 Å². The van der Waals surface area contributed by atoms with Crippen LogP contribution in [0, 0.1) is 0 Å². The van der Waals surface area contributed by atoms with Gasteiger partial charge in [-0.3, -0.25) is 14.9 Å². The predicted molar refractivity (Wildman–Crippen MR) is 107 cm³/mol. The van der Waals surface area contributed by atoms with Gasteiger partial charge < -0.3 is 14.3 Å². The van der Waals surface area contributed by atoms with Crippen molar-refractivity contribution >= 4 is 28.8 Å². The Balaban J connectivity index is 1.46. The number of hydrogen-bond donors (Lipinski definition) is 2. The first-order chi connectivity index (χ1) is 14.2. The minimum atomic E-state index is -0.671. The molecule has 2 amide bonds. The first-order valence-electron chi connectivity index (χ1n) is 9.36. The number of hydrogen-bond acceptors (Lipinski definition) is 4. The van der Waals surface area contributed by atoms with Crippen LogP contribution in [0.15, 0.2) is 71.3 Å². The lowest BCUT2D eigenvalue weighted by Gasteiger charge is -2.35. The lowest BCUT2D eigenvalue weighted by atomic mass is 9.93. The first-order valence-corrected chi connectivity index (χ1v) is 9.36. The third kappa shape index (κ3) is 3.16. The molecule has 2 N–H and O–H groups in total. The molecule has 1 aliphatic rings. The number of H-pyrrole nitrogens is 1. The SMILES string of the molecule is O=C(Nc1nc2ccccc2[nH]1)[C@@H]1Cc2ccccc2CN1C(=O)c1ccco1. The van der Waals surface area contributed by atoms with Gasteiger partial charge in [-0.15, -0.1) is 0 Å². The minimum Gasteiger partial charge on any atom is -0.459 e. The summed E-state index contributed by atoms with van der Waals surface area (Å²) in [5.41, 5.74) is 3.68. The monoisotopic (exact) mass is 386 g/mol. The Hall–Kier alpha value is -3.87. The quantitative estimate of drug-likeness (QED) is 0.565. The van der Waals surface area contributed by atoms with E-state index in [2.05, 4.69) is 15.3 Å². The number of para-hydroxylation sites is 2. The van der Waals surface area contributed by atoms with Crippen LogP contribution in [0.5, 0.6) is 0 Å². The van der Waals surface area contributed by atoms with Gasteiger partial charge in [-0.1, -0.05) is 36.4 Å². The number of imidazole rings is 1. The molecule has 144 valence electrons. The Morgan fingerprint density at radius 1 is 1.03 bits per heavy atom. The topological polar surface area (TPSA) is 91.2 Å². The standard InChI is InChI=1S/C22H18N4O3/c27-20(25-22-23-16-8-3-4-9-17(16)24-22)18-12-14-6-1-2-7-15(14)13-26(18)21(28)19-10-5-11-29-19/h1-11,18H,12-13H2,(H2,23,24,25,27)/t18-/m0/s1. The zero-order valence-electron chi connectivity index (χ0n) is 15.5. The molecule has 2 aromatic heterocycles.